The summed E-state index contributed by atoms with van der Waals surface area (Å²) in [6.07, 6.45) is 0.638. The number of carbonyl (C=O) groups is 1. The highest BCUT2D eigenvalue weighted by atomic mass is 79.9. The van der Waals surface area contributed by atoms with Gasteiger partial charge < -0.3 is 5.32 Å². The van der Waals surface area contributed by atoms with E-state index in [1.807, 2.05) is 13.0 Å². The highest BCUT2D eigenvalue weighted by Crippen LogP contribution is 2.47. The van der Waals surface area contributed by atoms with Crippen molar-refractivity contribution in [2.45, 2.75) is 29.4 Å². The molecule has 1 fully saturated rings. The fourth-order valence-electron chi connectivity index (χ4n) is 2.57. The van der Waals surface area contributed by atoms with Gasteiger partial charge in [0.2, 0.25) is 5.91 Å². The van der Waals surface area contributed by atoms with Crippen LogP contribution in [0.3, 0.4) is 0 Å². The van der Waals surface area contributed by atoms with Crippen molar-refractivity contribution < 1.29 is 13.2 Å². The molecule has 4 nitrogen and oxygen atoms in total. The SMILES string of the molecule is Cc1cc(Br)ccc1NC(=O)C1(S(=O)(=O)c2ccc(Cl)cc2)CC1. The van der Waals surface area contributed by atoms with Gasteiger partial charge in [-0.05, 0) is 67.8 Å². The molecule has 3 rings (SSSR count). The molecular formula is C17H15BrClNO3S. The number of carbonyl (C=O) groups excluding carboxylic acids is 1. The Balaban J connectivity index is 1.90. The van der Waals surface area contributed by atoms with Crippen LogP contribution >= 0.6 is 27.5 Å². The summed E-state index contributed by atoms with van der Waals surface area (Å²) in [5, 5.41) is 3.21. The Morgan fingerprint density at radius 3 is 2.33 bits per heavy atom. The monoisotopic (exact) mass is 427 g/mol. The summed E-state index contributed by atoms with van der Waals surface area (Å²) < 4.78 is 25.3. The minimum atomic E-state index is -3.76. The lowest BCUT2D eigenvalue weighted by Crippen LogP contribution is -2.37. The van der Waals surface area contributed by atoms with E-state index in [1.54, 1.807) is 12.1 Å². The number of hydrogen-bond acceptors (Lipinski definition) is 3. The van der Waals surface area contributed by atoms with E-state index in [-0.39, 0.29) is 4.90 Å². The summed E-state index contributed by atoms with van der Waals surface area (Å²) in [5.41, 5.74) is 1.47. The van der Waals surface area contributed by atoms with Gasteiger partial charge in [-0.15, -0.1) is 0 Å². The van der Waals surface area contributed by atoms with Gasteiger partial charge in [-0.3, -0.25) is 4.79 Å². The number of sulfone groups is 1. The predicted octanol–water partition coefficient (Wildman–Crippen LogP) is 4.36. The molecule has 1 saturated carbocycles. The number of anilines is 1. The third kappa shape index (κ3) is 2.98. The molecule has 0 bridgehead atoms. The molecule has 0 unspecified atom stereocenters. The molecule has 1 aliphatic carbocycles. The lowest BCUT2D eigenvalue weighted by Gasteiger charge is -2.17. The topological polar surface area (TPSA) is 63.2 Å². The molecule has 1 aliphatic rings. The Morgan fingerprint density at radius 2 is 1.79 bits per heavy atom. The minimum Gasteiger partial charge on any atom is -0.324 e. The quantitative estimate of drug-likeness (QED) is 0.787. The average molecular weight is 429 g/mol. The molecule has 1 amide bonds. The van der Waals surface area contributed by atoms with Gasteiger partial charge in [-0.1, -0.05) is 27.5 Å². The van der Waals surface area contributed by atoms with Crippen molar-refractivity contribution >= 4 is 49.0 Å². The maximum absolute atomic E-state index is 12.9. The Bertz CT molecular complexity index is 906. The number of benzene rings is 2. The second kappa shape index (κ2) is 6.17. The number of halogens is 2. The van der Waals surface area contributed by atoms with Crippen molar-refractivity contribution in [3.63, 3.8) is 0 Å². The summed E-state index contributed by atoms with van der Waals surface area (Å²) >= 11 is 9.18. The molecule has 0 saturated heterocycles. The number of aryl methyl sites for hydroxylation is 1. The van der Waals surface area contributed by atoms with Crippen LogP contribution in [0.5, 0.6) is 0 Å². The van der Waals surface area contributed by atoms with Gasteiger partial charge >= 0.3 is 0 Å². The maximum atomic E-state index is 12.9. The first kappa shape index (κ1) is 17.5. The number of rotatable bonds is 4. The van der Waals surface area contributed by atoms with Crippen LogP contribution in [-0.4, -0.2) is 19.1 Å². The molecule has 1 N–H and O–H groups in total. The van der Waals surface area contributed by atoms with E-state index >= 15 is 0 Å². The molecule has 2 aromatic rings. The molecule has 0 aromatic heterocycles. The maximum Gasteiger partial charge on any atom is 0.246 e. The van der Waals surface area contributed by atoms with E-state index in [1.165, 1.54) is 24.3 Å². The second-order valence-corrected chi connectivity index (χ2v) is 9.48. The first-order valence-corrected chi connectivity index (χ1v) is 9.99. The summed E-state index contributed by atoms with van der Waals surface area (Å²) in [4.78, 5) is 12.8. The van der Waals surface area contributed by atoms with Gasteiger partial charge in [-0.2, -0.15) is 0 Å². The van der Waals surface area contributed by atoms with Crippen LogP contribution in [0.1, 0.15) is 18.4 Å². The smallest absolute Gasteiger partial charge is 0.246 e. The van der Waals surface area contributed by atoms with Crippen molar-refractivity contribution in [3.05, 3.63) is 57.5 Å². The standard InChI is InChI=1S/C17H15BrClNO3S/c1-11-10-12(18)2-7-15(11)20-16(21)17(8-9-17)24(22,23)14-5-3-13(19)4-6-14/h2-7,10H,8-9H2,1H3,(H,20,21). The highest BCUT2D eigenvalue weighted by molar-refractivity contribution is 9.10. The van der Waals surface area contributed by atoms with Crippen molar-refractivity contribution in [2.24, 2.45) is 0 Å². The van der Waals surface area contributed by atoms with Gasteiger partial charge in [0.05, 0.1) is 4.90 Å². The molecule has 0 radical (unpaired) electrons. The predicted molar refractivity (Wildman–Crippen MR) is 98.1 cm³/mol. The average Bonchev–Trinajstić information content (AvgIpc) is 3.32. The van der Waals surface area contributed by atoms with Crippen molar-refractivity contribution in [2.75, 3.05) is 5.32 Å². The summed E-state index contributed by atoms with van der Waals surface area (Å²) in [6, 6.07) is 11.3. The van der Waals surface area contributed by atoms with Crippen molar-refractivity contribution in [1.29, 1.82) is 0 Å². The summed E-state index contributed by atoms with van der Waals surface area (Å²) in [6.45, 7) is 1.85. The van der Waals surface area contributed by atoms with E-state index in [9.17, 15) is 13.2 Å². The molecule has 0 spiro atoms. The number of amides is 1. The van der Waals surface area contributed by atoms with Crippen LogP contribution in [0.15, 0.2) is 51.8 Å². The van der Waals surface area contributed by atoms with E-state index < -0.39 is 20.5 Å². The van der Waals surface area contributed by atoms with E-state index in [4.69, 9.17) is 11.6 Å². The highest BCUT2D eigenvalue weighted by Gasteiger charge is 2.61. The van der Waals surface area contributed by atoms with Gasteiger partial charge in [0.1, 0.15) is 0 Å². The molecule has 24 heavy (non-hydrogen) atoms. The Hall–Kier alpha value is -1.37. The fraction of sp³-hybridized carbons (Fsp3) is 0.235. The van der Waals surface area contributed by atoms with E-state index in [0.29, 0.717) is 23.6 Å². The molecule has 0 atom stereocenters. The molecule has 126 valence electrons. The first-order chi connectivity index (χ1) is 11.3. The Labute approximate surface area is 154 Å². The summed E-state index contributed by atoms with van der Waals surface area (Å²) in [5.74, 6) is -0.483. The van der Waals surface area contributed by atoms with Crippen LogP contribution in [0.25, 0.3) is 0 Å². The molecule has 0 aliphatic heterocycles. The fourth-order valence-corrected chi connectivity index (χ4v) is 5.06. The zero-order valence-electron chi connectivity index (χ0n) is 12.8. The van der Waals surface area contributed by atoms with E-state index in [2.05, 4.69) is 21.2 Å². The van der Waals surface area contributed by atoms with Gasteiger partial charge in [0.25, 0.3) is 0 Å². The third-order valence-corrected chi connectivity index (χ3v) is 7.45. The second-order valence-electron chi connectivity index (χ2n) is 5.87. The third-order valence-electron chi connectivity index (χ3n) is 4.19. The molecule has 2 aromatic carbocycles. The normalized spacial score (nSPS) is 15.8. The zero-order valence-corrected chi connectivity index (χ0v) is 16.0. The largest absolute Gasteiger partial charge is 0.324 e. The lowest BCUT2D eigenvalue weighted by atomic mass is 10.2. The van der Waals surface area contributed by atoms with Crippen LogP contribution in [-0.2, 0) is 14.6 Å². The van der Waals surface area contributed by atoms with E-state index in [0.717, 1.165) is 10.0 Å². The minimum absolute atomic E-state index is 0.118. The van der Waals surface area contributed by atoms with Crippen LogP contribution in [0.2, 0.25) is 5.02 Å². The molecular weight excluding hydrogens is 414 g/mol. The lowest BCUT2D eigenvalue weighted by molar-refractivity contribution is -0.116. The van der Waals surface area contributed by atoms with Gasteiger partial charge in [-0.25, -0.2) is 8.42 Å². The molecule has 7 heteroatoms. The van der Waals surface area contributed by atoms with Gasteiger partial charge in [0, 0.05) is 15.2 Å². The van der Waals surface area contributed by atoms with Crippen molar-refractivity contribution in [3.8, 4) is 0 Å². The van der Waals surface area contributed by atoms with Crippen molar-refractivity contribution in [1.82, 2.24) is 0 Å². The first-order valence-electron chi connectivity index (χ1n) is 7.34. The van der Waals surface area contributed by atoms with Crippen LogP contribution < -0.4 is 5.32 Å². The number of nitrogens with one attached hydrogen (secondary N) is 1. The molecule has 0 heterocycles. The zero-order chi connectivity index (χ0) is 17.5. The Morgan fingerprint density at radius 1 is 1.17 bits per heavy atom. The van der Waals surface area contributed by atoms with Crippen LogP contribution in [0.4, 0.5) is 5.69 Å². The number of hydrogen-bond donors (Lipinski definition) is 1. The Kier molecular flexibility index (Phi) is 4.49. The van der Waals surface area contributed by atoms with Crippen LogP contribution in [0, 0.1) is 6.92 Å². The van der Waals surface area contributed by atoms with Gasteiger partial charge in [0.15, 0.2) is 14.6 Å². The summed E-state index contributed by atoms with van der Waals surface area (Å²) in [7, 11) is -3.76.